The molecule has 3 N–H and O–H groups in total. The molecular weight excluding hydrogens is 506 g/mol. The van der Waals surface area contributed by atoms with Gasteiger partial charge in [-0.15, -0.1) is 0 Å². The molecule has 6 rings (SSSR count). The lowest BCUT2D eigenvalue weighted by molar-refractivity contribution is 0.222. The first-order chi connectivity index (χ1) is 18.9. The number of hydrogen-bond acceptors (Lipinski definition) is 6. The molecule has 0 radical (unpaired) electrons. The Kier molecular flexibility index (Phi) is 8.67. The van der Waals surface area contributed by atoms with Crippen LogP contribution in [-0.4, -0.2) is 42.8 Å². The third-order valence-electron chi connectivity index (χ3n) is 7.97. The topological polar surface area (TPSA) is 107 Å². The highest BCUT2D eigenvalue weighted by atomic mass is 32.2. The van der Waals surface area contributed by atoms with Crippen molar-refractivity contribution in [1.29, 1.82) is 0 Å². The molecule has 0 saturated carbocycles. The van der Waals surface area contributed by atoms with Gasteiger partial charge in [-0.05, 0) is 105 Å². The van der Waals surface area contributed by atoms with Crippen LogP contribution in [0.4, 0.5) is 11.6 Å². The lowest BCUT2D eigenvalue weighted by Gasteiger charge is -2.25. The van der Waals surface area contributed by atoms with E-state index in [2.05, 4.69) is 88.8 Å². The Morgan fingerprint density at radius 3 is 2.36 bits per heavy atom. The summed E-state index contributed by atoms with van der Waals surface area (Å²) >= 11 is -2.36. The Bertz CT molecular complexity index is 1460. The molecule has 1 aromatic heterocycles. The zero-order chi connectivity index (χ0) is 27.4. The van der Waals surface area contributed by atoms with Crippen LogP contribution < -0.4 is 10.5 Å². The number of hydrogen-bond donors (Lipinski definition) is 2. The fourth-order valence-electron chi connectivity index (χ4n) is 6.13. The van der Waals surface area contributed by atoms with Gasteiger partial charge in [0, 0.05) is 40.1 Å². The molecule has 3 aromatic carbocycles. The molecule has 1 aliphatic heterocycles. The number of likely N-dealkylation sites (tertiary alicyclic amines) is 1. The summed E-state index contributed by atoms with van der Waals surface area (Å²) in [6, 6.07) is 20.4. The predicted octanol–water partition coefficient (Wildman–Crippen LogP) is 5.74. The van der Waals surface area contributed by atoms with E-state index in [1.165, 1.54) is 78.6 Å². The Hall–Kier alpha value is -3.17. The van der Waals surface area contributed by atoms with E-state index < -0.39 is 11.3 Å². The monoisotopic (exact) mass is 542 g/mol. The quantitative estimate of drug-likeness (QED) is 0.252. The molecule has 0 spiro atoms. The van der Waals surface area contributed by atoms with Crippen molar-refractivity contribution in [3.8, 4) is 11.1 Å². The van der Waals surface area contributed by atoms with E-state index >= 15 is 0 Å². The highest BCUT2D eigenvalue weighted by Gasteiger charge is 2.24. The molecule has 1 saturated heterocycles. The maximum Gasteiger partial charge on any atom is 0.227 e. The standard InChI is InChI=1S/C31H34N4.H3NO2S/c1-21-7-5-8-22(2)29(21)28-10-6-9-25-20-32-31(34-30(25)28)33-26-14-11-23-12-15-27(16-13-24(23)19-26)35-17-3-4-18-35;1-4(2)3/h5-11,14,19-20,27H,3-4,12-13,15-18H2,1-2H3,(H,32,33,34);1H2,(H,2,3)/p-1. The van der Waals surface area contributed by atoms with Crippen LogP contribution in [0.5, 0.6) is 0 Å². The average molecular weight is 543 g/mol. The first-order valence-corrected chi connectivity index (χ1v) is 14.8. The van der Waals surface area contributed by atoms with Crippen LogP contribution in [0.3, 0.4) is 0 Å². The van der Waals surface area contributed by atoms with Crippen molar-refractivity contribution in [1.82, 2.24) is 14.9 Å². The van der Waals surface area contributed by atoms with Gasteiger partial charge in [0.1, 0.15) is 0 Å². The molecule has 2 atom stereocenters. The number of aryl methyl sites for hydroxylation is 4. The van der Waals surface area contributed by atoms with Gasteiger partial charge in [-0.25, -0.2) is 9.97 Å². The van der Waals surface area contributed by atoms with Gasteiger partial charge in [-0.3, -0.25) is 9.35 Å². The Morgan fingerprint density at radius 1 is 0.974 bits per heavy atom. The number of nitrogens with zero attached hydrogens (tertiary/aromatic N) is 3. The van der Waals surface area contributed by atoms with E-state index in [4.69, 9.17) is 13.7 Å². The molecule has 39 heavy (non-hydrogen) atoms. The highest BCUT2D eigenvalue weighted by Crippen LogP contribution is 2.33. The van der Waals surface area contributed by atoms with Crippen molar-refractivity contribution in [2.24, 2.45) is 5.14 Å². The molecule has 204 valence electrons. The van der Waals surface area contributed by atoms with Crippen molar-refractivity contribution in [3.63, 3.8) is 0 Å². The number of rotatable bonds is 4. The van der Waals surface area contributed by atoms with E-state index in [1.807, 2.05) is 6.20 Å². The first kappa shape index (κ1) is 27.4. The van der Waals surface area contributed by atoms with Gasteiger partial charge in [-0.2, -0.15) is 0 Å². The highest BCUT2D eigenvalue weighted by molar-refractivity contribution is 7.76. The van der Waals surface area contributed by atoms with Crippen molar-refractivity contribution < 1.29 is 8.76 Å². The van der Waals surface area contributed by atoms with E-state index in [1.54, 1.807) is 0 Å². The normalized spacial score (nSPS) is 18.1. The first-order valence-electron chi connectivity index (χ1n) is 13.7. The summed E-state index contributed by atoms with van der Waals surface area (Å²) in [6.07, 6.45) is 9.56. The van der Waals surface area contributed by atoms with E-state index in [0.29, 0.717) is 5.95 Å². The van der Waals surface area contributed by atoms with Gasteiger partial charge in [0.25, 0.3) is 0 Å². The number of nitrogens with one attached hydrogen (secondary N) is 1. The minimum absolute atomic E-state index is 0.653. The molecular formula is C31H36N5O2S-. The second kappa shape index (κ2) is 12.3. The molecule has 2 aliphatic rings. The zero-order valence-corrected chi connectivity index (χ0v) is 23.5. The summed E-state index contributed by atoms with van der Waals surface area (Å²) in [7, 11) is 0. The molecule has 1 aliphatic carbocycles. The number of benzene rings is 3. The molecule has 0 amide bonds. The minimum atomic E-state index is -2.36. The third kappa shape index (κ3) is 6.53. The van der Waals surface area contributed by atoms with Gasteiger partial charge in [0.2, 0.25) is 5.95 Å². The van der Waals surface area contributed by atoms with E-state index in [0.717, 1.165) is 29.1 Å². The SMILES string of the molecule is Cc1cccc(C)c1-c1cccc2cnc(Nc3ccc4c(c3)CCC(N3CCCC3)CC4)nc12.NS(=O)[O-]. The number of fused-ring (bicyclic) bond motifs is 2. The van der Waals surface area contributed by atoms with E-state index in [-0.39, 0.29) is 0 Å². The van der Waals surface area contributed by atoms with Gasteiger partial charge < -0.3 is 14.8 Å². The summed E-state index contributed by atoms with van der Waals surface area (Å²) in [6.45, 7) is 6.92. The number of para-hydroxylation sites is 1. The van der Waals surface area contributed by atoms with Gasteiger partial charge in [-0.1, -0.05) is 42.5 Å². The fraction of sp³-hybridized carbons (Fsp3) is 0.355. The van der Waals surface area contributed by atoms with Crippen LogP contribution in [0.2, 0.25) is 0 Å². The number of anilines is 2. The molecule has 7 nitrogen and oxygen atoms in total. The maximum absolute atomic E-state index is 8.78. The summed E-state index contributed by atoms with van der Waals surface area (Å²) in [4.78, 5) is 12.4. The summed E-state index contributed by atoms with van der Waals surface area (Å²) in [5, 5.41) is 8.60. The summed E-state index contributed by atoms with van der Waals surface area (Å²) in [5.74, 6) is 0.653. The molecule has 8 heteroatoms. The Labute approximate surface area is 233 Å². The van der Waals surface area contributed by atoms with Crippen molar-refractivity contribution in [2.45, 2.75) is 58.4 Å². The van der Waals surface area contributed by atoms with Crippen molar-refractivity contribution in [3.05, 3.63) is 83.0 Å². The van der Waals surface area contributed by atoms with Crippen molar-refractivity contribution >= 4 is 33.8 Å². The lowest BCUT2D eigenvalue weighted by atomic mass is 9.94. The largest absolute Gasteiger partial charge is 0.760 e. The van der Waals surface area contributed by atoms with Gasteiger partial charge >= 0.3 is 0 Å². The summed E-state index contributed by atoms with van der Waals surface area (Å²) < 4.78 is 17.6. The maximum atomic E-state index is 8.78. The van der Waals surface area contributed by atoms with Crippen molar-refractivity contribution in [2.75, 3.05) is 18.4 Å². The predicted molar refractivity (Wildman–Crippen MR) is 159 cm³/mol. The second-order valence-electron chi connectivity index (χ2n) is 10.5. The minimum Gasteiger partial charge on any atom is -0.760 e. The second-order valence-corrected chi connectivity index (χ2v) is 11.1. The number of aromatic nitrogens is 2. The average Bonchev–Trinajstić information content (AvgIpc) is 3.36. The third-order valence-corrected chi connectivity index (χ3v) is 7.97. The van der Waals surface area contributed by atoms with E-state index in [9.17, 15) is 0 Å². The fourth-order valence-corrected chi connectivity index (χ4v) is 6.13. The molecule has 2 heterocycles. The lowest BCUT2D eigenvalue weighted by Crippen LogP contribution is -2.32. The number of nitrogens with two attached hydrogens (primary N) is 1. The van der Waals surface area contributed by atoms with Gasteiger partial charge in [0.15, 0.2) is 0 Å². The van der Waals surface area contributed by atoms with Crippen LogP contribution in [-0.2, 0) is 24.1 Å². The van der Waals surface area contributed by atoms with Crippen LogP contribution >= 0.6 is 0 Å². The molecule has 2 unspecified atom stereocenters. The zero-order valence-electron chi connectivity index (χ0n) is 22.7. The molecule has 1 fully saturated rings. The summed E-state index contributed by atoms with van der Waals surface area (Å²) in [5.41, 5.74) is 10.0. The van der Waals surface area contributed by atoms with Crippen LogP contribution in [0, 0.1) is 13.8 Å². The Morgan fingerprint density at radius 2 is 1.64 bits per heavy atom. The Balaban J connectivity index is 0.000000723. The van der Waals surface area contributed by atoms with Crippen LogP contribution in [0.1, 0.15) is 47.9 Å². The van der Waals surface area contributed by atoms with Crippen LogP contribution in [0.25, 0.3) is 22.0 Å². The van der Waals surface area contributed by atoms with Gasteiger partial charge in [0.05, 0.1) is 5.52 Å². The molecule has 4 aromatic rings. The smallest absolute Gasteiger partial charge is 0.227 e. The molecule has 0 bridgehead atoms. The van der Waals surface area contributed by atoms with Crippen LogP contribution in [0.15, 0.2) is 60.8 Å².